The molecule has 28 heavy (non-hydrogen) atoms. The summed E-state index contributed by atoms with van der Waals surface area (Å²) < 4.78 is 27.2. The lowest BCUT2D eigenvalue weighted by Crippen LogP contribution is -2.30. The molecule has 1 aromatic carbocycles. The molecule has 1 heterocycles. The van der Waals surface area contributed by atoms with Crippen molar-refractivity contribution in [3.63, 3.8) is 0 Å². The zero-order valence-electron chi connectivity index (χ0n) is 16.2. The summed E-state index contributed by atoms with van der Waals surface area (Å²) in [6, 6.07) is 9.52. The Labute approximate surface area is 170 Å². The van der Waals surface area contributed by atoms with Crippen LogP contribution in [0.1, 0.15) is 50.4 Å². The quantitative estimate of drug-likeness (QED) is 0.701. The number of thiophene rings is 1. The number of carbonyl (C=O) groups excluding carboxylic acids is 1. The molecule has 1 aromatic heterocycles. The second-order valence-electron chi connectivity index (χ2n) is 8.09. The molecular weight excluding hydrogens is 394 g/mol. The number of nitrogens with zero attached hydrogens (tertiary/aromatic N) is 1. The van der Waals surface area contributed by atoms with Gasteiger partial charge in [0.15, 0.2) is 0 Å². The van der Waals surface area contributed by atoms with Crippen LogP contribution in [0.25, 0.3) is 0 Å². The lowest BCUT2D eigenvalue weighted by Gasteiger charge is -2.34. The van der Waals surface area contributed by atoms with Crippen LogP contribution in [0.5, 0.6) is 0 Å². The van der Waals surface area contributed by atoms with Gasteiger partial charge in [0.25, 0.3) is 15.9 Å². The number of rotatable bonds is 5. The fourth-order valence-electron chi connectivity index (χ4n) is 3.71. The van der Waals surface area contributed by atoms with E-state index in [9.17, 15) is 13.2 Å². The van der Waals surface area contributed by atoms with Gasteiger partial charge in [-0.2, -0.15) is 5.10 Å². The summed E-state index contributed by atoms with van der Waals surface area (Å²) >= 11 is 1.15. The van der Waals surface area contributed by atoms with Crippen LogP contribution in [-0.2, 0) is 10.0 Å². The standard InChI is InChI=1S/C20H25N3O3S2/c1-14-11-17(13-20(2,3)12-14)21-22-19(24)15-6-8-16(9-7-15)23-28(25,26)18-5-4-10-27-18/h4-10,14,23H,11-13H2,1-3H3,(H,22,24)/b21-17+/t14-/m1/s1. The third kappa shape index (κ3) is 5.20. The summed E-state index contributed by atoms with van der Waals surface area (Å²) in [6.07, 6.45) is 2.93. The zero-order chi connectivity index (χ0) is 20.4. The van der Waals surface area contributed by atoms with Crippen LogP contribution >= 0.6 is 11.3 Å². The molecule has 150 valence electrons. The molecule has 1 saturated carbocycles. The molecule has 1 aliphatic carbocycles. The lowest BCUT2D eigenvalue weighted by molar-refractivity contribution is 0.0954. The van der Waals surface area contributed by atoms with Gasteiger partial charge in [0.2, 0.25) is 0 Å². The molecule has 1 atom stereocenters. The van der Waals surface area contributed by atoms with Gasteiger partial charge in [0.1, 0.15) is 4.21 Å². The van der Waals surface area contributed by atoms with Gasteiger partial charge in [-0.3, -0.25) is 9.52 Å². The van der Waals surface area contributed by atoms with Crippen LogP contribution in [0.4, 0.5) is 5.69 Å². The number of nitrogens with one attached hydrogen (secondary N) is 2. The second-order valence-corrected chi connectivity index (χ2v) is 10.9. The summed E-state index contributed by atoms with van der Waals surface area (Å²) in [7, 11) is -3.60. The molecule has 2 aromatic rings. The molecule has 0 aliphatic heterocycles. The van der Waals surface area contributed by atoms with Crippen molar-refractivity contribution in [3.05, 3.63) is 47.3 Å². The average Bonchev–Trinajstić information content (AvgIpc) is 3.14. The first-order chi connectivity index (χ1) is 13.1. The Morgan fingerprint density at radius 2 is 1.93 bits per heavy atom. The SMILES string of the molecule is C[C@@H]1C/C(=N\NC(=O)c2ccc(NS(=O)(=O)c3cccs3)cc2)CC(C)(C)C1. The van der Waals surface area contributed by atoms with Gasteiger partial charge in [-0.25, -0.2) is 13.8 Å². The maximum absolute atomic E-state index is 12.4. The molecule has 0 spiro atoms. The minimum absolute atomic E-state index is 0.197. The number of amides is 1. The van der Waals surface area contributed by atoms with Crippen molar-refractivity contribution >= 4 is 38.7 Å². The van der Waals surface area contributed by atoms with E-state index in [4.69, 9.17) is 0 Å². The van der Waals surface area contributed by atoms with Crippen molar-refractivity contribution in [1.29, 1.82) is 0 Å². The number of hydrogen-bond donors (Lipinski definition) is 2. The molecule has 0 bridgehead atoms. The molecule has 1 fully saturated rings. The third-order valence-corrected chi connectivity index (χ3v) is 7.42. The summed E-state index contributed by atoms with van der Waals surface area (Å²) in [5.41, 5.74) is 4.66. The van der Waals surface area contributed by atoms with E-state index in [-0.39, 0.29) is 15.5 Å². The molecule has 8 heteroatoms. The topological polar surface area (TPSA) is 87.6 Å². The molecular formula is C20H25N3O3S2. The largest absolute Gasteiger partial charge is 0.279 e. The van der Waals surface area contributed by atoms with Gasteiger partial charge >= 0.3 is 0 Å². The second kappa shape index (κ2) is 8.05. The normalized spacial score (nSPS) is 20.7. The zero-order valence-corrected chi connectivity index (χ0v) is 17.9. The van der Waals surface area contributed by atoms with Crippen molar-refractivity contribution in [1.82, 2.24) is 5.43 Å². The van der Waals surface area contributed by atoms with Crippen molar-refractivity contribution in [3.8, 4) is 0 Å². The molecule has 0 unspecified atom stereocenters. The van der Waals surface area contributed by atoms with E-state index >= 15 is 0 Å². The highest BCUT2D eigenvalue weighted by atomic mass is 32.2. The maximum atomic E-state index is 12.4. The van der Waals surface area contributed by atoms with Crippen LogP contribution < -0.4 is 10.1 Å². The van der Waals surface area contributed by atoms with Crippen molar-refractivity contribution in [2.24, 2.45) is 16.4 Å². The first-order valence-electron chi connectivity index (χ1n) is 9.17. The van der Waals surface area contributed by atoms with Crippen molar-refractivity contribution in [2.75, 3.05) is 4.72 Å². The van der Waals surface area contributed by atoms with Gasteiger partial charge < -0.3 is 0 Å². The molecule has 6 nitrogen and oxygen atoms in total. The maximum Gasteiger partial charge on any atom is 0.271 e. The van der Waals surface area contributed by atoms with E-state index in [1.54, 1.807) is 41.8 Å². The summed E-state index contributed by atoms with van der Waals surface area (Å²) in [4.78, 5) is 12.4. The van der Waals surface area contributed by atoms with E-state index in [1.807, 2.05) is 0 Å². The average molecular weight is 420 g/mol. The van der Waals surface area contributed by atoms with Crippen molar-refractivity contribution < 1.29 is 13.2 Å². The highest BCUT2D eigenvalue weighted by Gasteiger charge is 2.29. The van der Waals surface area contributed by atoms with E-state index in [0.29, 0.717) is 17.2 Å². The Balaban J connectivity index is 1.63. The van der Waals surface area contributed by atoms with Gasteiger partial charge in [0.05, 0.1) is 0 Å². The fourth-order valence-corrected chi connectivity index (χ4v) is 5.76. The molecule has 3 rings (SSSR count). The molecule has 0 radical (unpaired) electrons. The highest BCUT2D eigenvalue weighted by Crippen LogP contribution is 2.36. The highest BCUT2D eigenvalue weighted by molar-refractivity contribution is 7.94. The first-order valence-corrected chi connectivity index (χ1v) is 11.5. The molecule has 1 amide bonds. The summed E-state index contributed by atoms with van der Waals surface area (Å²) in [5, 5.41) is 6.03. The van der Waals surface area contributed by atoms with Crippen LogP contribution in [0.15, 0.2) is 51.1 Å². The van der Waals surface area contributed by atoms with Gasteiger partial charge in [0, 0.05) is 17.0 Å². The summed E-state index contributed by atoms with van der Waals surface area (Å²) in [5.74, 6) is 0.242. The Kier molecular flexibility index (Phi) is 5.90. The van der Waals surface area contributed by atoms with Crippen molar-refractivity contribution in [2.45, 2.75) is 44.2 Å². The third-order valence-electron chi connectivity index (χ3n) is 4.64. The van der Waals surface area contributed by atoms with Crippen LogP contribution in [0.2, 0.25) is 0 Å². The Morgan fingerprint density at radius 1 is 1.21 bits per heavy atom. The number of anilines is 1. The van der Waals surface area contributed by atoms with Crippen LogP contribution in [0.3, 0.4) is 0 Å². The van der Waals surface area contributed by atoms with E-state index < -0.39 is 10.0 Å². The number of benzene rings is 1. The Bertz CT molecular complexity index is 963. The Hall–Kier alpha value is -2.19. The van der Waals surface area contributed by atoms with Crippen LogP contribution in [-0.4, -0.2) is 20.0 Å². The molecule has 2 N–H and O–H groups in total. The number of sulfonamides is 1. The minimum atomic E-state index is -3.60. The molecule has 0 saturated heterocycles. The fraction of sp³-hybridized carbons (Fsp3) is 0.400. The number of carbonyl (C=O) groups is 1. The van der Waals surface area contributed by atoms with Crippen LogP contribution in [0, 0.1) is 11.3 Å². The monoisotopic (exact) mass is 419 g/mol. The Morgan fingerprint density at radius 3 is 2.54 bits per heavy atom. The van der Waals surface area contributed by atoms with Gasteiger partial charge in [-0.1, -0.05) is 26.8 Å². The van der Waals surface area contributed by atoms with Gasteiger partial charge in [-0.15, -0.1) is 11.3 Å². The lowest BCUT2D eigenvalue weighted by atomic mass is 9.72. The van der Waals surface area contributed by atoms with E-state index in [1.165, 1.54) is 0 Å². The summed E-state index contributed by atoms with van der Waals surface area (Å²) in [6.45, 7) is 6.64. The van der Waals surface area contributed by atoms with E-state index in [2.05, 4.69) is 36.0 Å². The number of hydrogen-bond acceptors (Lipinski definition) is 5. The first kappa shape index (κ1) is 20.5. The predicted molar refractivity (Wildman–Crippen MR) is 113 cm³/mol. The number of hydrazone groups is 1. The predicted octanol–water partition coefficient (Wildman–Crippen LogP) is 4.48. The minimum Gasteiger partial charge on any atom is -0.279 e. The van der Waals surface area contributed by atoms with Gasteiger partial charge in [-0.05, 0) is 66.3 Å². The smallest absolute Gasteiger partial charge is 0.271 e. The van der Waals surface area contributed by atoms with E-state index in [0.717, 1.165) is 36.3 Å². The molecule has 1 aliphatic rings.